The number of nitrogens with zero attached hydrogens (tertiary/aromatic N) is 1. The molecule has 1 N–H and O–H groups in total. The maximum absolute atomic E-state index is 12.9. The van der Waals surface area contributed by atoms with Crippen LogP contribution >= 0.6 is 0 Å². The van der Waals surface area contributed by atoms with E-state index in [4.69, 9.17) is 9.47 Å². The molecule has 0 aliphatic rings. The van der Waals surface area contributed by atoms with Gasteiger partial charge in [0.15, 0.2) is 6.10 Å². The fourth-order valence-electron chi connectivity index (χ4n) is 2.42. The number of hydrogen-bond acceptors (Lipinski definition) is 4. The van der Waals surface area contributed by atoms with Crippen molar-refractivity contribution in [3.63, 3.8) is 0 Å². The minimum atomic E-state index is -0.670. The Bertz CT molecular complexity index is 942. The lowest BCUT2D eigenvalue weighted by Crippen LogP contribution is -2.33. The molecule has 0 bridgehead atoms. The second-order valence-electron chi connectivity index (χ2n) is 6.29. The molecule has 0 aliphatic heterocycles. The Morgan fingerprint density at radius 2 is 1.69 bits per heavy atom. The number of para-hydroxylation sites is 1. The summed E-state index contributed by atoms with van der Waals surface area (Å²) in [6.07, 6.45) is 0.869. The highest BCUT2D eigenvalue weighted by molar-refractivity contribution is 5.84. The van der Waals surface area contributed by atoms with Crippen LogP contribution in [0.15, 0.2) is 84.0 Å². The topological polar surface area (TPSA) is 59.9 Å². The standard InChI is InChI=1S/C23H21FN2O3/c1-17(29-22-5-3-2-4-6-22)23(27)26-25-15-18-9-13-21(14-10-18)28-16-19-7-11-20(24)12-8-19/h2-15,17H,16H2,1H3,(H,26,27)/b25-15-. The molecule has 3 rings (SSSR count). The molecular formula is C23H21FN2O3. The summed E-state index contributed by atoms with van der Waals surface area (Å²) < 4.78 is 24.1. The van der Waals surface area contributed by atoms with E-state index >= 15 is 0 Å². The van der Waals surface area contributed by atoms with Crippen molar-refractivity contribution in [3.8, 4) is 11.5 Å². The van der Waals surface area contributed by atoms with Gasteiger partial charge in [-0.3, -0.25) is 4.79 Å². The molecule has 0 fully saturated rings. The maximum Gasteiger partial charge on any atom is 0.280 e. The predicted molar refractivity (Wildman–Crippen MR) is 109 cm³/mol. The van der Waals surface area contributed by atoms with Gasteiger partial charge in [-0.05, 0) is 66.6 Å². The zero-order valence-corrected chi connectivity index (χ0v) is 15.9. The lowest BCUT2D eigenvalue weighted by Gasteiger charge is -2.12. The van der Waals surface area contributed by atoms with Gasteiger partial charge in [0, 0.05) is 0 Å². The van der Waals surface area contributed by atoms with Crippen LogP contribution < -0.4 is 14.9 Å². The van der Waals surface area contributed by atoms with E-state index in [0.29, 0.717) is 18.1 Å². The highest BCUT2D eigenvalue weighted by atomic mass is 19.1. The number of benzene rings is 3. The molecule has 0 spiro atoms. The molecule has 5 nitrogen and oxygen atoms in total. The molecule has 1 unspecified atom stereocenters. The summed E-state index contributed by atoms with van der Waals surface area (Å²) in [5.41, 5.74) is 4.14. The van der Waals surface area contributed by atoms with Crippen LogP contribution in [-0.2, 0) is 11.4 Å². The fourth-order valence-corrected chi connectivity index (χ4v) is 2.42. The number of ether oxygens (including phenoxy) is 2. The molecule has 1 amide bonds. The molecule has 0 saturated heterocycles. The van der Waals surface area contributed by atoms with Crippen molar-refractivity contribution >= 4 is 12.1 Å². The zero-order valence-electron chi connectivity index (χ0n) is 15.9. The number of nitrogens with one attached hydrogen (secondary N) is 1. The molecule has 3 aromatic carbocycles. The summed E-state index contributed by atoms with van der Waals surface area (Å²) in [4.78, 5) is 12.0. The monoisotopic (exact) mass is 392 g/mol. The third-order valence-corrected chi connectivity index (χ3v) is 4.01. The summed E-state index contributed by atoms with van der Waals surface area (Å²) in [5, 5.41) is 3.95. The van der Waals surface area contributed by atoms with Gasteiger partial charge in [0.05, 0.1) is 6.21 Å². The minimum Gasteiger partial charge on any atom is -0.489 e. The van der Waals surface area contributed by atoms with Gasteiger partial charge in [-0.25, -0.2) is 9.82 Å². The average molecular weight is 392 g/mol. The third kappa shape index (κ3) is 6.46. The minimum absolute atomic E-state index is 0.273. The van der Waals surface area contributed by atoms with E-state index in [-0.39, 0.29) is 11.7 Å². The van der Waals surface area contributed by atoms with Gasteiger partial charge in [-0.2, -0.15) is 5.10 Å². The van der Waals surface area contributed by atoms with Crippen molar-refractivity contribution in [3.05, 3.63) is 95.8 Å². The summed E-state index contributed by atoms with van der Waals surface area (Å²) >= 11 is 0. The molecule has 29 heavy (non-hydrogen) atoms. The number of halogens is 1. The molecule has 0 aromatic heterocycles. The first-order chi connectivity index (χ1) is 14.1. The quantitative estimate of drug-likeness (QED) is 0.459. The van der Waals surface area contributed by atoms with Gasteiger partial charge >= 0.3 is 0 Å². The SMILES string of the molecule is CC(Oc1ccccc1)C(=O)N/N=C\c1ccc(OCc2ccc(F)cc2)cc1. The summed E-state index contributed by atoms with van der Waals surface area (Å²) in [7, 11) is 0. The smallest absolute Gasteiger partial charge is 0.280 e. The Balaban J connectivity index is 1.45. The molecule has 1 atom stereocenters. The second-order valence-corrected chi connectivity index (χ2v) is 6.29. The van der Waals surface area contributed by atoms with Crippen molar-refractivity contribution in [2.75, 3.05) is 0 Å². The molecule has 3 aromatic rings. The Hall–Kier alpha value is -3.67. The molecule has 0 saturated carbocycles. The number of carbonyl (C=O) groups is 1. The first kappa shape index (κ1) is 20.1. The fraction of sp³-hybridized carbons (Fsp3) is 0.130. The van der Waals surface area contributed by atoms with E-state index in [0.717, 1.165) is 11.1 Å². The van der Waals surface area contributed by atoms with Crippen molar-refractivity contribution < 1.29 is 18.7 Å². The number of amides is 1. The maximum atomic E-state index is 12.9. The van der Waals surface area contributed by atoms with Gasteiger partial charge in [0.1, 0.15) is 23.9 Å². The van der Waals surface area contributed by atoms with Crippen LogP contribution in [0.1, 0.15) is 18.1 Å². The third-order valence-electron chi connectivity index (χ3n) is 4.01. The van der Waals surface area contributed by atoms with Crippen LogP contribution in [0.2, 0.25) is 0 Å². The Morgan fingerprint density at radius 1 is 1.00 bits per heavy atom. The van der Waals surface area contributed by atoms with Gasteiger partial charge in [-0.15, -0.1) is 0 Å². The van der Waals surface area contributed by atoms with Gasteiger partial charge < -0.3 is 9.47 Å². The normalized spacial score (nSPS) is 11.8. The Morgan fingerprint density at radius 3 is 2.38 bits per heavy atom. The van der Waals surface area contributed by atoms with Crippen LogP contribution in [-0.4, -0.2) is 18.2 Å². The van der Waals surface area contributed by atoms with Crippen molar-refractivity contribution in [2.24, 2.45) is 5.10 Å². The van der Waals surface area contributed by atoms with Gasteiger partial charge in [-0.1, -0.05) is 30.3 Å². The predicted octanol–water partition coefficient (Wildman–Crippen LogP) is 4.32. The van der Waals surface area contributed by atoms with Crippen LogP contribution in [0.3, 0.4) is 0 Å². The van der Waals surface area contributed by atoms with Crippen molar-refractivity contribution in [2.45, 2.75) is 19.6 Å². The number of hydrazone groups is 1. The van der Waals surface area contributed by atoms with Crippen LogP contribution in [0.4, 0.5) is 4.39 Å². The number of rotatable bonds is 8. The lowest BCUT2D eigenvalue weighted by molar-refractivity contribution is -0.127. The van der Waals surface area contributed by atoms with E-state index in [2.05, 4.69) is 10.5 Å². The average Bonchev–Trinajstić information content (AvgIpc) is 2.75. The Labute approximate surface area is 168 Å². The van der Waals surface area contributed by atoms with E-state index < -0.39 is 6.10 Å². The second kappa shape index (κ2) is 10.0. The van der Waals surface area contributed by atoms with Crippen LogP contribution in [0.5, 0.6) is 11.5 Å². The largest absolute Gasteiger partial charge is 0.489 e. The van der Waals surface area contributed by atoms with E-state index in [1.165, 1.54) is 18.3 Å². The summed E-state index contributed by atoms with van der Waals surface area (Å²) in [5.74, 6) is 0.686. The first-order valence-corrected chi connectivity index (χ1v) is 9.12. The van der Waals surface area contributed by atoms with Crippen LogP contribution in [0.25, 0.3) is 0 Å². The number of carbonyl (C=O) groups excluding carboxylic acids is 1. The lowest BCUT2D eigenvalue weighted by atomic mass is 10.2. The molecule has 0 heterocycles. The highest BCUT2D eigenvalue weighted by Gasteiger charge is 2.13. The molecule has 6 heteroatoms. The summed E-state index contributed by atoms with van der Waals surface area (Å²) in [6, 6.07) is 22.5. The summed E-state index contributed by atoms with van der Waals surface area (Å²) in [6.45, 7) is 2.01. The number of hydrogen-bond donors (Lipinski definition) is 1. The van der Waals surface area contributed by atoms with Crippen molar-refractivity contribution in [1.29, 1.82) is 0 Å². The van der Waals surface area contributed by atoms with Crippen LogP contribution in [0, 0.1) is 5.82 Å². The zero-order chi connectivity index (χ0) is 20.5. The van der Waals surface area contributed by atoms with Gasteiger partial charge in [0.2, 0.25) is 0 Å². The molecular weight excluding hydrogens is 371 g/mol. The van der Waals surface area contributed by atoms with E-state index in [1.807, 2.05) is 30.3 Å². The van der Waals surface area contributed by atoms with Gasteiger partial charge in [0.25, 0.3) is 5.91 Å². The van der Waals surface area contributed by atoms with Crippen molar-refractivity contribution in [1.82, 2.24) is 5.43 Å². The molecule has 0 aliphatic carbocycles. The van der Waals surface area contributed by atoms with E-state index in [1.54, 1.807) is 43.3 Å². The highest BCUT2D eigenvalue weighted by Crippen LogP contribution is 2.14. The molecule has 0 radical (unpaired) electrons. The first-order valence-electron chi connectivity index (χ1n) is 9.12. The van der Waals surface area contributed by atoms with E-state index in [9.17, 15) is 9.18 Å². The Kier molecular flexibility index (Phi) is 6.95. The molecule has 148 valence electrons.